The molecule has 96 valence electrons. The van der Waals surface area contributed by atoms with E-state index in [2.05, 4.69) is 18.3 Å². The summed E-state index contributed by atoms with van der Waals surface area (Å²) < 4.78 is 0. The molecule has 1 aliphatic carbocycles. The van der Waals surface area contributed by atoms with Crippen LogP contribution >= 0.6 is 11.6 Å². The van der Waals surface area contributed by atoms with Gasteiger partial charge in [0.1, 0.15) is 0 Å². The molecule has 0 aromatic heterocycles. The van der Waals surface area contributed by atoms with Gasteiger partial charge in [0.05, 0.1) is 11.6 Å². The van der Waals surface area contributed by atoms with Gasteiger partial charge < -0.3 is 5.32 Å². The minimum absolute atomic E-state index is 0.618. The van der Waals surface area contributed by atoms with Gasteiger partial charge >= 0.3 is 0 Å². The van der Waals surface area contributed by atoms with Gasteiger partial charge in [-0.15, -0.1) is 0 Å². The highest BCUT2D eigenvalue weighted by Gasteiger charge is 2.17. The molecule has 0 atom stereocenters. The van der Waals surface area contributed by atoms with Crippen molar-refractivity contribution in [2.45, 2.75) is 45.2 Å². The zero-order valence-corrected chi connectivity index (χ0v) is 11.5. The number of nitrogens with one attached hydrogen (secondary N) is 1. The van der Waals surface area contributed by atoms with E-state index in [1.807, 2.05) is 12.1 Å². The van der Waals surface area contributed by atoms with Crippen LogP contribution in [0.3, 0.4) is 0 Å². The SMILES string of the molecule is CC1CCC(NCc2ccc(C#N)cc2Cl)CC1. The molecule has 0 unspecified atom stereocenters. The van der Waals surface area contributed by atoms with Crippen molar-refractivity contribution in [3.63, 3.8) is 0 Å². The largest absolute Gasteiger partial charge is 0.310 e. The Labute approximate surface area is 114 Å². The van der Waals surface area contributed by atoms with E-state index in [1.54, 1.807) is 6.07 Å². The van der Waals surface area contributed by atoms with E-state index in [0.717, 1.165) is 18.0 Å². The van der Waals surface area contributed by atoms with Gasteiger partial charge in [0.2, 0.25) is 0 Å². The monoisotopic (exact) mass is 262 g/mol. The minimum Gasteiger partial charge on any atom is -0.310 e. The molecule has 1 aromatic carbocycles. The second-order valence-corrected chi connectivity index (χ2v) is 5.66. The zero-order valence-electron chi connectivity index (χ0n) is 10.7. The van der Waals surface area contributed by atoms with Gasteiger partial charge in [-0.05, 0) is 49.3 Å². The Kier molecular flexibility index (Phi) is 4.63. The lowest BCUT2D eigenvalue weighted by molar-refractivity contribution is 0.306. The molecule has 3 heteroatoms. The summed E-state index contributed by atoms with van der Waals surface area (Å²) in [6.07, 6.45) is 5.15. The van der Waals surface area contributed by atoms with Crippen LogP contribution in [-0.4, -0.2) is 6.04 Å². The van der Waals surface area contributed by atoms with E-state index in [-0.39, 0.29) is 0 Å². The van der Waals surface area contributed by atoms with E-state index >= 15 is 0 Å². The molecule has 18 heavy (non-hydrogen) atoms. The first kappa shape index (κ1) is 13.4. The van der Waals surface area contributed by atoms with E-state index < -0.39 is 0 Å². The lowest BCUT2D eigenvalue weighted by Gasteiger charge is -2.27. The number of hydrogen-bond donors (Lipinski definition) is 1. The summed E-state index contributed by atoms with van der Waals surface area (Å²) in [6, 6.07) is 8.23. The van der Waals surface area contributed by atoms with Crippen LogP contribution in [0.2, 0.25) is 5.02 Å². The maximum atomic E-state index is 8.79. The molecule has 1 saturated carbocycles. The third-order valence-electron chi connectivity index (χ3n) is 3.78. The average molecular weight is 263 g/mol. The predicted molar refractivity (Wildman–Crippen MR) is 74.4 cm³/mol. The molecule has 1 fully saturated rings. The molecule has 2 rings (SSSR count). The first-order valence-electron chi connectivity index (χ1n) is 6.61. The molecule has 1 aromatic rings. The summed E-state index contributed by atoms with van der Waals surface area (Å²) in [5.74, 6) is 0.876. The lowest BCUT2D eigenvalue weighted by atomic mass is 9.87. The van der Waals surface area contributed by atoms with Crippen molar-refractivity contribution in [2.75, 3.05) is 0 Å². The standard InChI is InChI=1S/C15H19ClN2/c1-11-2-6-14(7-3-11)18-10-13-5-4-12(9-17)8-15(13)16/h4-5,8,11,14,18H,2-3,6-7,10H2,1H3. The van der Waals surface area contributed by atoms with Gasteiger partial charge in [-0.25, -0.2) is 0 Å². The highest BCUT2D eigenvalue weighted by molar-refractivity contribution is 6.31. The van der Waals surface area contributed by atoms with Crippen LogP contribution < -0.4 is 5.32 Å². The van der Waals surface area contributed by atoms with E-state index in [4.69, 9.17) is 16.9 Å². The van der Waals surface area contributed by atoms with Crippen molar-refractivity contribution in [3.8, 4) is 6.07 Å². The molecule has 0 heterocycles. The molecular weight excluding hydrogens is 244 g/mol. The second kappa shape index (κ2) is 6.22. The van der Waals surface area contributed by atoms with E-state index in [0.29, 0.717) is 16.6 Å². The maximum absolute atomic E-state index is 8.79. The smallest absolute Gasteiger partial charge is 0.0992 e. The third-order valence-corrected chi connectivity index (χ3v) is 4.13. The average Bonchev–Trinajstić information content (AvgIpc) is 2.39. The van der Waals surface area contributed by atoms with Gasteiger partial charge in [-0.1, -0.05) is 24.6 Å². The molecule has 2 nitrogen and oxygen atoms in total. The number of nitrogens with zero attached hydrogens (tertiary/aromatic N) is 1. The summed E-state index contributed by atoms with van der Waals surface area (Å²) in [6.45, 7) is 3.12. The first-order chi connectivity index (χ1) is 8.69. The highest BCUT2D eigenvalue weighted by atomic mass is 35.5. The van der Waals surface area contributed by atoms with E-state index in [9.17, 15) is 0 Å². The van der Waals surface area contributed by atoms with Gasteiger partial charge in [0.15, 0.2) is 0 Å². The highest BCUT2D eigenvalue weighted by Crippen LogP contribution is 2.24. The van der Waals surface area contributed by atoms with E-state index in [1.165, 1.54) is 25.7 Å². The number of benzene rings is 1. The van der Waals surface area contributed by atoms with Crippen molar-refractivity contribution in [1.82, 2.24) is 5.32 Å². The van der Waals surface area contributed by atoms with Crippen molar-refractivity contribution in [1.29, 1.82) is 5.26 Å². The lowest BCUT2D eigenvalue weighted by Crippen LogP contribution is -2.32. The van der Waals surface area contributed by atoms with Gasteiger partial charge in [-0.3, -0.25) is 0 Å². The minimum atomic E-state index is 0.618. The van der Waals surface area contributed by atoms with Crippen LogP contribution in [0.4, 0.5) is 0 Å². The van der Waals surface area contributed by atoms with Crippen molar-refractivity contribution >= 4 is 11.6 Å². The Bertz CT molecular complexity index is 442. The molecule has 0 spiro atoms. The second-order valence-electron chi connectivity index (χ2n) is 5.26. The Hall–Kier alpha value is -1.04. The molecule has 0 amide bonds. The number of nitriles is 1. The van der Waals surface area contributed by atoms with Crippen molar-refractivity contribution < 1.29 is 0 Å². The van der Waals surface area contributed by atoms with Crippen molar-refractivity contribution in [2.24, 2.45) is 5.92 Å². The summed E-state index contributed by atoms with van der Waals surface area (Å²) in [7, 11) is 0. The fourth-order valence-corrected chi connectivity index (χ4v) is 2.73. The molecule has 0 saturated heterocycles. The van der Waals surface area contributed by atoms with Crippen LogP contribution in [0.15, 0.2) is 18.2 Å². The number of halogens is 1. The van der Waals surface area contributed by atoms with Crippen LogP contribution in [-0.2, 0) is 6.54 Å². The summed E-state index contributed by atoms with van der Waals surface area (Å²) >= 11 is 6.16. The molecular formula is C15H19ClN2. The third kappa shape index (κ3) is 3.48. The maximum Gasteiger partial charge on any atom is 0.0992 e. The van der Waals surface area contributed by atoms with Crippen LogP contribution in [0.1, 0.15) is 43.7 Å². The molecule has 0 radical (unpaired) electrons. The van der Waals surface area contributed by atoms with Gasteiger partial charge in [0, 0.05) is 17.6 Å². The summed E-state index contributed by atoms with van der Waals surface area (Å²) in [5, 5.41) is 13.0. The Morgan fingerprint density at radius 3 is 2.67 bits per heavy atom. The molecule has 0 bridgehead atoms. The fourth-order valence-electron chi connectivity index (χ4n) is 2.48. The fraction of sp³-hybridized carbons (Fsp3) is 0.533. The van der Waals surface area contributed by atoms with Gasteiger partial charge in [0.25, 0.3) is 0 Å². The zero-order chi connectivity index (χ0) is 13.0. The molecule has 0 aliphatic heterocycles. The Balaban J connectivity index is 1.89. The van der Waals surface area contributed by atoms with Gasteiger partial charge in [-0.2, -0.15) is 5.26 Å². The summed E-state index contributed by atoms with van der Waals surface area (Å²) in [5.41, 5.74) is 1.70. The topological polar surface area (TPSA) is 35.8 Å². The number of rotatable bonds is 3. The molecule has 1 aliphatic rings. The van der Waals surface area contributed by atoms with Crippen LogP contribution in [0.5, 0.6) is 0 Å². The Morgan fingerprint density at radius 2 is 2.06 bits per heavy atom. The first-order valence-corrected chi connectivity index (χ1v) is 6.98. The number of hydrogen-bond acceptors (Lipinski definition) is 2. The van der Waals surface area contributed by atoms with Crippen molar-refractivity contribution in [3.05, 3.63) is 34.3 Å². The quantitative estimate of drug-likeness (QED) is 0.897. The van der Waals surface area contributed by atoms with Crippen LogP contribution in [0, 0.1) is 17.2 Å². The normalized spacial score (nSPS) is 23.6. The predicted octanol–water partition coefficient (Wildman–Crippen LogP) is 3.88. The summed E-state index contributed by atoms with van der Waals surface area (Å²) in [4.78, 5) is 0. The molecule has 1 N–H and O–H groups in total. The Morgan fingerprint density at radius 1 is 1.33 bits per heavy atom. The van der Waals surface area contributed by atoms with Crippen LogP contribution in [0.25, 0.3) is 0 Å².